The first-order valence-corrected chi connectivity index (χ1v) is 13.1. The minimum atomic E-state index is -0.973. The standard InChI is InChI=1S/C33H32O6/c34-32(28-19-11-4-12-20-28)39-33-31(37-23-27-17-9-3-10-18-27)30(36-22-26-15-7-2-8-16-26)29(24-38-33)35-21-25-13-5-1-6-14-25/h1-20,29-31,33H,21-24H2/t29-,30-,31-,33-/m1/s1. The van der Waals surface area contributed by atoms with E-state index in [-0.39, 0.29) is 6.61 Å². The fourth-order valence-electron chi connectivity index (χ4n) is 4.42. The van der Waals surface area contributed by atoms with Crippen LogP contribution in [0.15, 0.2) is 121 Å². The van der Waals surface area contributed by atoms with Crippen molar-refractivity contribution < 1.29 is 28.5 Å². The Bertz CT molecular complexity index is 1270. The molecule has 0 bridgehead atoms. The number of carbonyl (C=O) groups excluding carboxylic acids is 1. The molecule has 0 saturated carbocycles. The maximum atomic E-state index is 13.0. The molecular weight excluding hydrogens is 492 g/mol. The number of carbonyl (C=O) groups is 1. The van der Waals surface area contributed by atoms with E-state index in [1.807, 2.05) is 97.1 Å². The van der Waals surface area contributed by atoms with Crippen LogP contribution in [0.3, 0.4) is 0 Å². The molecule has 6 heteroatoms. The van der Waals surface area contributed by atoms with Gasteiger partial charge in [-0.05, 0) is 28.8 Å². The lowest BCUT2D eigenvalue weighted by molar-refractivity contribution is -0.285. The van der Waals surface area contributed by atoms with Crippen LogP contribution >= 0.6 is 0 Å². The number of rotatable bonds is 11. The third kappa shape index (κ3) is 7.62. The Hall–Kier alpha value is -3.81. The number of ether oxygens (including phenoxy) is 5. The van der Waals surface area contributed by atoms with Gasteiger partial charge in [0, 0.05) is 0 Å². The number of hydrogen-bond donors (Lipinski definition) is 0. The summed E-state index contributed by atoms with van der Waals surface area (Å²) >= 11 is 0. The topological polar surface area (TPSA) is 63.2 Å². The second kappa shape index (κ2) is 13.8. The molecule has 0 unspecified atom stereocenters. The molecule has 0 radical (unpaired) electrons. The quantitative estimate of drug-likeness (QED) is 0.226. The van der Waals surface area contributed by atoms with Gasteiger partial charge in [0.25, 0.3) is 0 Å². The molecule has 0 spiro atoms. The normalized spacial score (nSPS) is 20.8. The summed E-state index contributed by atoms with van der Waals surface area (Å²) in [4.78, 5) is 13.0. The first kappa shape index (κ1) is 26.8. The van der Waals surface area contributed by atoms with E-state index in [0.29, 0.717) is 25.4 Å². The Kier molecular flexibility index (Phi) is 9.50. The fraction of sp³-hybridized carbons (Fsp3) is 0.242. The molecule has 5 rings (SSSR count). The summed E-state index contributed by atoms with van der Waals surface area (Å²) in [7, 11) is 0. The van der Waals surface area contributed by atoms with Crippen LogP contribution in [0.4, 0.5) is 0 Å². The maximum absolute atomic E-state index is 13.0. The second-order valence-corrected chi connectivity index (χ2v) is 9.33. The maximum Gasteiger partial charge on any atom is 0.340 e. The van der Waals surface area contributed by atoms with Crippen LogP contribution in [0.25, 0.3) is 0 Å². The second-order valence-electron chi connectivity index (χ2n) is 9.33. The molecule has 1 fully saturated rings. The molecular formula is C33H32O6. The predicted molar refractivity (Wildman–Crippen MR) is 147 cm³/mol. The molecule has 39 heavy (non-hydrogen) atoms. The highest BCUT2D eigenvalue weighted by atomic mass is 16.7. The first-order valence-electron chi connectivity index (χ1n) is 13.1. The van der Waals surface area contributed by atoms with Crippen LogP contribution < -0.4 is 0 Å². The highest BCUT2D eigenvalue weighted by Gasteiger charge is 2.45. The highest BCUT2D eigenvalue weighted by molar-refractivity contribution is 5.89. The summed E-state index contributed by atoms with van der Waals surface area (Å²) in [6.07, 6.45) is -2.70. The van der Waals surface area contributed by atoms with Gasteiger partial charge in [0.15, 0.2) is 0 Å². The Morgan fingerprint density at radius 3 is 1.54 bits per heavy atom. The van der Waals surface area contributed by atoms with Crippen molar-refractivity contribution in [2.24, 2.45) is 0 Å². The molecule has 4 aromatic carbocycles. The van der Waals surface area contributed by atoms with Gasteiger partial charge in [-0.2, -0.15) is 0 Å². The lowest BCUT2D eigenvalue weighted by Crippen LogP contribution is -2.57. The van der Waals surface area contributed by atoms with Crippen molar-refractivity contribution in [3.05, 3.63) is 144 Å². The highest BCUT2D eigenvalue weighted by Crippen LogP contribution is 2.28. The molecule has 200 valence electrons. The van der Waals surface area contributed by atoms with E-state index in [2.05, 4.69) is 0 Å². The Morgan fingerprint density at radius 2 is 1.03 bits per heavy atom. The third-order valence-corrected chi connectivity index (χ3v) is 6.49. The van der Waals surface area contributed by atoms with E-state index in [4.69, 9.17) is 23.7 Å². The van der Waals surface area contributed by atoms with E-state index >= 15 is 0 Å². The minimum Gasteiger partial charge on any atom is -0.429 e. The van der Waals surface area contributed by atoms with Crippen molar-refractivity contribution in [3.63, 3.8) is 0 Å². The van der Waals surface area contributed by atoms with Crippen LogP contribution in [0.2, 0.25) is 0 Å². The molecule has 6 nitrogen and oxygen atoms in total. The van der Waals surface area contributed by atoms with Gasteiger partial charge in [0.2, 0.25) is 6.29 Å². The number of hydrogen-bond acceptors (Lipinski definition) is 6. The molecule has 1 aliphatic heterocycles. The summed E-state index contributed by atoms with van der Waals surface area (Å²) in [5.74, 6) is -0.487. The van der Waals surface area contributed by atoms with Crippen LogP contribution in [-0.2, 0) is 43.5 Å². The van der Waals surface area contributed by atoms with Gasteiger partial charge in [-0.1, -0.05) is 109 Å². The van der Waals surface area contributed by atoms with Gasteiger partial charge in [-0.15, -0.1) is 0 Å². The van der Waals surface area contributed by atoms with Crippen molar-refractivity contribution in [2.75, 3.05) is 6.61 Å². The van der Waals surface area contributed by atoms with Crippen molar-refractivity contribution >= 4 is 5.97 Å². The van der Waals surface area contributed by atoms with Crippen molar-refractivity contribution in [2.45, 2.75) is 44.4 Å². The van der Waals surface area contributed by atoms with Gasteiger partial charge in [0.05, 0.1) is 32.0 Å². The fourth-order valence-corrected chi connectivity index (χ4v) is 4.42. The molecule has 0 aliphatic carbocycles. The average Bonchev–Trinajstić information content (AvgIpc) is 3.00. The number of esters is 1. The van der Waals surface area contributed by atoms with Gasteiger partial charge < -0.3 is 23.7 Å². The predicted octanol–water partition coefficient (Wildman–Crippen LogP) is 5.96. The van der Waals surface area contributed by atoms with E-state index in [9.17, 15) is 4.79 Å². The SMILES string of the molecule is O=C(O[C@H]1OC[C@@H](OCc2ccccc2)[C@@H](OCc2ccccc2)[C@H]1OCc1ccccc1)c1ccccc1. The largest absolute Gasteiger partial charge is 0.429 e. The minimum absolute atomic E-state index is 0.185. The van der Waals surface area contributed by atoms with E-state index in [1.54, 1.807) is 24.3 Å². The van der Waals surface area contributed by atoms with Crippen molar-refractivity contribution in [3.8, 4) is 0 Å². The molecule has 0 amide bonds. The van der Waals surface area contributed by atoms with Gasteiger partial charge >= 0.3 is 5.97 Å². The summed E-state index contributed by atoms with van der Waals surface area (Å²) in [5, 5.41) is 0. The summed E-state index contributed by atoms with van der Waals surface area (Å²) < 4.78 is 31.1. The molecule has 0 N–H and O–H groups in total. The lowest BCUT2D eigenvalue weighted by atomic mass is 10.0. The van der Waals surface area contributed by atoms with E-state index in [0.717, 1.165) is 16.7 Å². The van der Waals surface area contributed by atoms with Crippen LogP contribution in [-0.4, -0.2) is 37.2 Å². The zero-order valence-electron chi connectivity index (χ0n) is 21.6. The Morgan fingerprint density at radius 1 is 0.590 bits per heavy atom. The number of benzene rings is 4. The molecule has 1 heterocycles. The van der Waals surface area contributed by atoms with E-state index < -0.39 is 30.6 Å². The zero-order chi connectivity index (χ0) is 26.7. The van der Waals surface area contributed by atoms with Crippen LogP contribution in [0, 0.1) is 0 Å². The van der Waals surface area contributed by atoms with Crippen molar-refractivity contribution in [1.82, 2.24) is 0 Å². The first-order chi connectivity index (χ1) is 19.3. The van der Waals surface area contributed by atoms with Crippen LogP contribution in [0.1, 0.15) is 27.0 Å². The molecule has 1 aliphatic rings. The summed E-state index contributed by atoms with van der Waals surface area (Å²) in [5.41, 5.74) is 3.48. The van der Waals surface area contributed by atoms with E-state index in [1.165, 1.54) is 0 Å². The van der Waals surface area contributed by atoms with Crippen molar-refractivity contribution in [1.29, 1.82) is 0 Å². The third-order valence-electron chi connectivity index (χ3n) is 6.49. The monoisotopic (exact) mass is 524 g/mol. The molecule has 4 aromatic rings. The summed E-state index contributed by atoms with van der Waals surface area (Å²) in [6.45, 7) is 1.22. The Balaban J connectivity index is 1.38. The Labute approximate surface area is 229 Å². The van der Waals surface area contributed by atoms with Crippen LogP contribution in [0.5, 0.6) is 0 Å². The van der Waals surface area contributed by atoms with Gasteiger partial charge in [-0.3, -0.25) is 0 Å². The zero-order valence-corrected chi connectivity index (χ0v) is 21.6. The van der Waals surface area contributed by atoms with Gasteiger partial charge in [0.1, 0.15) is 18.3 Å². The lowest BCUT2D eigenvalue weighted by Gasteiger charge is -2.41. The smallest absolute Gasteiger partial charge is 0.340 e. The molecule has 0 aromatic heterocycles. The molecule has 4 atom stereocenters. The average molecular weight is 525 g/mol. The van der Waals surface area contributed by atoms with Gasteiger partial charge in [-0.25, -0.2) is 4.79 Å². The molecule has 1 saturated heterocycles. The summed E-state index contributed by atoms with van der Waals surface area (Å²) in [6, 6.07) is 38.6.